The highest BCUT2D eigenvalue weighted by Crippen LogP contribution is 2.25. The number of amides is 1. The van der Waals surface area contributed by atoms with Crippen LogP contribution in [0.3, 0.4) is 0 Å². The number of ether oxygens (including phenoxy) is 1. The highest BCUT2D eigenvalue weighted by Gasteiger charge is 2.37. The standard InChI is InChI=1S/C16H26N4O2/c1-3-14-10-19(11-15(14)18-4-6-22-7-5-18)16(21)12-20-9-13(2)8-17-20/h8-9,14-15H,3-7,10-12H2,1-2H3/t14-,15-/m1/s1. The first-order valence-electron chi connectivity index (χ1n) is 8.26. The van der Waals surface area contributed by atoms with Crippen molar-refractivity contribution in [3.8, 4) is 0 Å². The van der Waals surface area contributed by atoms with E-state index in [0.29, 0.717) is 18.5 Å². The van der Waals surface area contributed by atoms with Crippen LogP contribution in [0.5, 0.6) is 0 Å². The molecule has 0 aliphatic carbocycles. The number of nitrogens with zero attached hydrogens (tertiary/aromatic N) is 4. The lowest BCUT2D eigenvalue weighted by atomic mass is 9.99. The Labute approximate surface area is 132 Å². The summed E-state index contributed by atoms with van der Waals surface area (Å²) in [5, 5.41) is 4.22. The van der Waals surface area contributed by atoms with Crippen molar-refractivity contribution < 1.29 is 9.53 Å². The summed E-state index contributed by atoms with van der Waals surface area (Å²) in [5.74, 6) is 0.749. The molecule has 0 saturated carbocycles. The molecule has 2 aliphatic heterocycles. The average molecular weight is 306 g/mol. The zero-order valence-electron chi connectivity index (χ0n) is 13.6. The normalized spacial score (nSPS) is 26.5. The van der Waals surface area contributed by atoms with E-state index < -0.39 is 0 Å². The molecule has 0 spiro atoms. The van der Waals surface area contributed by atoms with Gasteiger partial charge in [-0.2, -0.15) is 5.10 Å². The van der Waals surface area contributed by atoms with Gasteiger partial charge in [0, 0.05) is 38.4 Å². The van der Waals surface area contributed by atoms with Crippen LogP contribution in [0.2, 0.25) is 0 Å². The lowest BCUT2D eigenvalue weighted by Crippen LogP contribution is -2.47. The van der Waals surface area contributed by atoms with Crippen molar-refractivity contribution in [2.45, 2.75) is 32.9 Å². The molecule has 0 unspecified atom stereocenters. The number of likely N-dealkylation sites (tertiary alicyclic amines) is 1. The van der Waals surface area contributed by atoms with E-state index in [1.165, 1.54) is 0 Å². The minimum atomic E-state index is 0.178. The maximum atomic E-state index is 12.5. The Kier molecular flexibility index (Phi) is 4.78. The van der Waals surface area contributed by atoms with E-state index in [4.69, 9.17) is 4.74 Å². The molecule has 122 valence electrons. The van der Waals surface area contributed by atoms with Gasteiger partial charge in [0.05, 0.1) is 19.4 Å². The van der Waals surface area contributed by atoms with Crippen molar-refractivity contribution in [1.82, 2.24) is 19.6 Å². The number of carbonyl (C=O) groups is 1. The monoisotopic (exact) mass is 306 g/mol. The highest BCUT2D eigenvalue weighted by molar-refractivity contribution is 5.76. The number of carbonyl (C=O) groups excluding carboxylic acids is 1. The molecule has 3 rings (SSSR count). The molecule has 2 saturated heterocycles. The van der Waals surface area contributed by atoms with Gasteiger partial charge in [-0.15, -0.1) is 0 Å². The second-order valence-electron chi connectivity index (χ2n) is 6.40. The zero-order chi connectivity index (χ0) is 15.5. The molecule has 0 bridgehead atoms. The molecule has 0 radical (unpaired) electrons. The van der Waals surface area contributed by atoms with Gasteiger partial charge in [-0.3, -0.25) is 14.4 Å². The summed E-state index contributed by atoms with van der Waals surface area (Å²) in [6.45, 7) is 9.88. The predicted molar refractivity (Wildman–Crippen MR) is 83.5 cm³/mol. The molecule has 2 atom stereocenters. The quantitative estimate of drug-likeness (QED) is 0.824. The van der Waals surface area contributed by atoms with Crippen LogP contribution in [0.15, 0.2) is 12.4 Å². The van der Waals surface area contributed by atoms with Gasteiger partial charge in [-0.1, -0.05) is 13.3 Å². The maximum Gasteiger partial charge on any atom is 0.244 e. The first-order chi connectivity index (χ1) is 10.7. The number of aryl methyl sites for hydroxylation is 1. The van der Waals surface area contributed by atoms with Gasteiger partial charge in [0.2, 0.25) is 5.91 Å². The Balaban J connectivity index is 1.61. The highest BCUT2D eigenvalue weighted by atomic mass is 16.5. The first-order valence-corrected chi connectivity index (χ1v) is 8.26. The number of aromatic nitrogens is 2. The van der Waals surface area contributed by atoms with Gasteiger partial charge >= 0.3 is 0 Å². The van der Waals surface area contributed by atoms with Crippen LogP contribution < -0.4 is 0 Å². The van der Waals surface area contributed by atoms with Crippen molar-refractivity contribution in [3.63, 3.8) is 0 Å². The van der Waals surface area contributed by atoms with Gasteiger partial charge in [-0.05, 0) is 18.4 Å². The third kappa shape index (κ3) is 3.33. The molecule has 3 heterocycles. The predicted octanol–water partition coefficient (Wildman–Crippen LogP) is 0.761. The minimum absolute atomic E-state index is 0.178. The van der Waals surface area contributed by atoms with Crippen molar-refractivity contribution >= 4 is 5.91 Å². The summed E-state index contributed by atoms with van der Waals surface area (Å²) >= 11 is 0. The minimum Gasteiger partial charge on any atom is -0.379 e. The summed E-state index contributed by atoms with van der Waals surface area (Å²) in [6.07, 6.45) is 4.83. The Bertz CT molecular complexity index is 510. The number of rotatable bonds is 4. The van der Waals surface area contributed by atoms with Crippen molar-refractivity contribution in [2.75, 3.05) is 39.4 Å². The van der Waals surface area contributed by atoms with Crippen LogP contribution in [0.25, 0.3) is 0 Å². The largest absolute Gasteiger partial charge is 0.379 e. The smallest absolute Gasteiger partial charge is 0.244 e. The molecule has 1 aromatic heterocycles. The van der Waals surface area contributed by atoms with Crippen molar-refractivity contribution in [1.29, 1.82) is 0 Å². The summed E-state index contributed by atoms with van der Waals surface area (Å²) in [6, 6.07) is 0.484. The fourth-order valence-electron chi connectivity index (χ4n) is 3.57. The SMILES string of the molecule is CC[C@@H]1CN(C(=O)Cn2cc(C)cn2)C[C@H]1N1CCOCC1. The van der Waals surface area contributed by atoms with E-state index in [-0.39, 0.29) is 5.91 Å². The van der Waals surface area contributed by atoms with Gasteiger partial charge in [0.1, 0.15) is 6.54 Å². The van der Waals surface area contributed by atoms with Crippen LogP contribution in [-0.2, 0) is 16.1 Å². The third-order valence-corrected chi connectivity index (χ3v) is 4.86. The van der Waals surface area contributed by atoms with Gasteiger partial charge in [0.15, 0.2) is 0 Å². The summed E-state index contributed by atoms with van der Waals surface area (Å²) in [5.41, 5.74) is 1.09. The van der Waals surface area contributed by atoms with E-state index in [1.54, 1.807) is 10.9 Å². The summed E-state index contributed by atoms with van der Waals surface area (Å²) in [7, 11) is 0. The fraction of sp³-hybridized carbons (Fsp3) is 0.750. The van der Waals surface area contributed by atoms with Gasteiger partial charge in [0.25, 0.3) is 0 Å². The van der Waals surface area contributed by atoms with Crippen LogP contribution in [-0.4, -0.2) is 70.9 Å². The van der Waals surface area contributed by atoms with E-state index >= 15 is 0 Å². The lowest BCUT2D eigenvalue weighted by Gasteiger charge is -2.34. The van der Waals surface area contributed by atoms with E-state index in [9.17, 15) is 4.79 Å². The van der Waals surface area contributed by atoms with Gasteiger partial charge in [-0.25, -0.2) is 0 Å². The second-order valence-corrected chi connectivity index (χ2v) is 6.40. The summed E-state index contributed by atoms with van der Waals surface area (Å²) in [4.78, 5) is 17.1. The van der Waals surface area contributed by atoms with E-state index in [2.05, 4.69) is 16.9 Å². The number of hydrogen-bond donors (Lipinski definition) is 0. The first kappa shape index (κ1) is 15.5. The Morgan fingerprint density at radius 1 is 1.36 bits per heavy atom. The van der Waals surface area contributed by atoms with Crippen LogP contribution in [0.1, 0.15) is 18.9 Å². The molecular formula is C16H26N4O2. The molecule has 1 amide bonds. The van der Waals surface area contributed by atoms with Crippen LogP contribution in [0.4, 0.5) is 0 Å². The average Bonchev–Trinajstić information content (AvgIpc) is 3.14. The topological polar surface area (TPSA) is 50.6 Å². The Morgan fingerprint density at radius 3 is 2.77 bits per heavy atom. The second kappa shape index (κ2) is 6.79. The Morgan fingerprint density at radius 2 is 2.14 bits per heavy atom. The van der Waals surface area contributed by atoms with Crippen molar-refractivity contribution in [3.05, 3.63) is 18.0 Å². The molecule has 6 nitrogen and oxygen atoms in total. The van der Waals surface area contributed by atoms with E-state index in [1.807, 2.05) is 18.0 Å². The molecule has 1 aromatic rings. The fourth-order valence-corrected chi connectivity index (χ4v) is 3.57. The number of morpholine rings is 1. The van der Waals surface area contributed by atoms with E-state index in [0.717, 1.165) is 51.4 Å². The molecule has 2 aliphatic rings. The molecule has 0 N–H and O–H groups in total. The molecule has 2 fully saturated rings. The van der Waals surface area contributed by atoms with Crippen LogP contribution in [0, 0.1) is 12.8 Å². The third-order valence-electron chi connectivity index (χ3n) is 4.86. The van der Waals surface area contributed by atoms with Crippen LogP contribution >= 0.6 is 0 Å². The molecule has 6 heteroatoms. The van der Waals surface area contributed by atoms with Crippen molar-refractivity contribution in [2.24, 2.45) is 5.92 Å². The molecular weight excluding hydrogens is 280 g/mol. The molecule has 22 heavy (non-hydrogen) atoms. The summed E-state index contributed by atoms with van der Waals surface area (Å²) < 4.78 is 7.19. The number of hydrogen-bond acceptors (Lipinski definition) is 4. The Hall–Kier alpha value is -1.40. The maximum absolute atomic E-state index is 12.5. The zero-order valence-corrected chi connectivity index (χ0v) is 13.6. The van der Waals surface area contributed by atoms with Gasteiger partial charge < -0.3 is 9.64 Å². The lowest BCUT2D eigenvalue weighted by molar-refractivity contribution is -0.131. The molecule has 0 aromatic carbocycles.